The minimum atomic E-state index is -0.583. The number of aromatic hydroxyl groups is 1. The van der Waals surface area contributed by atoms with Crippen LogP contribution in [0.1, 0.15) is 0 Å². The molecular weight excluding hydrogens is 266 g/mol. The molecule has 0 fully saturated rings. The number of hydrogen-bond donors (Lipinski definition) is 1. The lowest BCUT2D eigenvalue weighted by atomic mass is 10.2. The Kier molecular flexibility index (Phi) is 2.90. The molecule has 0 aliphatic heterocycles. The van der Waals surface area contributed by atoms with Crippen molar-refractivity contribution in [1.82, 2.24) is 10.1 Å². The lowest BCUT2D eigenvalue weighted by Crippen LogP contribution is -1.86. The molecule has 0 bridgehead atoms. The largest absolute Gasteiger partial charge is 0.507 e. The first-order valence-electron chi connectivity index (χ1n) is 5.72. The van der Waals surface area contributed by atoms with E-state index in [1.165, 1.54) is 18.2 Å². The number of benzene rings is 2. The third-order valence-corrected chi connectivity index (χ3v) is 2.73. The second-order valence-electron chi connectivity index (χ2n) is 4.06. The van der Waals surface area contributed by atoms with Gasteiger partial charge in [-0.2, -0.15) is 4.98 Å². The third-order valence-electron chi connectivity index (χ3n) is 2.73. The summed E-state index contributed by atoms with van der Waals surface area (Å²) in [6.07, 6.45) is 0. The van der Waals surface area contributed by atoms with Crippen LogP contribution in [-0.2, 0) is 0 Å². The third kappa shape index (κ3) is 2.11. The Morgan fingerprint density at radius 3 is 2.55 bits per heavy atom. The highest BCUT2D eigenvalue weighted by Crippen LogP contribution is 2.30. The van der Waals surface area contributed by atoms with Crippen molar-refractivity contribution in [2.24, 2.45) is 0 Å². The van der Waals surface area contributed by atoms with Crippen LogP contribution < -0.4 is 0 Å². The lowest BCUT2D eigenvalue weighted by Gasteiger charge is -1.98. The van der Waals surface area contributed by atoms with Crippen molar-refractivity contribution in [1.29, 1.82) is 0 Å². The molecule has 0 amide bonds. The molecule has 2 aromatic carbocycles. The number of nitrogens with zero attached hydrogens (tertiary/aromatic N) is 2. The van der Waals surface area contributed by atoms with Gasteiger partial charge in [0.15, 0.2) is 0 Å². The summed E-state index contributed by atoms with van der Waals surface area (Å²) in [5.41, 5.74) is 0.366. The number of halogens is 2. The van der Waals surface area contributed by atoms with Crippen molar-refractivity contribution in [2.45, 2.75) is 0 Å². The van der Waals surface area contributed by atoms with Gasteiger partial charge in [-0.25, -0.2) is 8.78 Å². The van der Waals surface area contributed by atoms with Crippen molar-refractivity contribution in [2.75, 3.05) is 0 Å². The standard InChI is InChI=1S/C14H8F2N2O2/c15-8-5-6-10(12(19)7-8)14-17-13(18-20-14)9-3-1-2-4-11(9)16/h1-7,19H. The predicted molar refractivity (Wildman–Crippen MR) is 66.8 cm³/mol. The second kappa shape index (κ2) is 4.73. The smallest absolute Gasteiger partial charge is 0.262 e. The molecule has 1 aromatic heterocycles. The molecular formula is C14H8F2N2O2. The van der Waals surface area contributed by atoms with Crippen molar-refractivity contribution in [3.05, 3.63) is 54.1 Å². The number of phenols is 1. The zero-order chi connectivity index (χ0) is 14.1. The van der Waals surface area contributed by atoms with Crippen LogP contribution >= 0.6 is 0 Å². The van der Waals surface area contributed by atoms with Gasteiger partial charge in [-0.05, 0) is 24.3 Å². The molecule has 3 aromatic rings. The van der Waals surface area contributed by atoms with E-state index in [4.69, 9.17) is 4.52 Å². The highest BCUT2D eigenvalue weighted by molar-refractivity contribution is 5.65. The van der Waals surface area contributed by atoms with E-state index < -0.39 is 11.6 Å². The molecule has 0 radical (unpaired) electrons. The van der Waals surface area contributed by atoms with Crippen LogP contribution in [-0.4, -0.2) is 15.2 Å². The van der Waals surface area contributed by atoms with Gasteiger partial charge in [0.25, 0.3) is 5.89 Å². The van der Waals surface area contributed by atoms with Gasteiger partial charge in [0, 0.05) is 6.07 Å². The van der Waals surface area contributed by atoms with Crippen LogP contribution in [0.15, 0.2) is 47.0 Å². The van der Waals surface area contributed by atoms with E-state index in [0.717, 1.165) is 12.1 Å². The van der Waals surface area contributed by atoms with Crippen LogP contribution in [0.5, 0.6) is 5.75 Å². The normalized spacial score (nSPS) is 10.7. The maximum absolute atomic E-state index is 13.6. The molecule has 4 nitrogen and oxygen atoms in total. The molecule has 100 valence electrons. The predicted octanol–water partition coefficient (Wildman–Crippen LogP) is 3.39. The Balaban J connectivity index is 2.04. The topological polar surface area (TPSA) is 59.2 Å². The molecule has 0 aliphatic carbocycles. The lowest BCUT2D eigenvalue weighted by molar-refractivity contribution is 0.424. The average molecular weight is 274 g/mol. The molecule has 0 saturated heterocycles. The minimum Gasteiger partial charge on any atom is -0.507 e. The van der Waals surface area contributed by atoms with Crippen molar-refractivity contribution in [3.63, 3.8) is 0 Å². The monoisotopic (exact) mass is 274 g/mol. The van der Waals surface area contributed by atoms with Crippen molar-refractivity contribution < 1.29 is 18.4 Å². The molecule has 1 heterocycles. The summed E-state index contributed by atoms with van der Waals surface area (Å²) < 4.78 is 31.5. The van der Waals surface area contributed by atoms with E-state index >= 15 is 0 Å². The molecule has 0 unspecified atom stereocenters. The number of rotatable bonds is 2. The molecule has 3 rings (SSSR count). The fourth-order valence-corrected chi connectivity index (χ4v) is 1.77. The zero-order valence-corrected chi connectivity index (χ0v) is 10.0. The number of aromatic nitrogens is 2. The summed E-state index contributed by atoms with van der Waals surface area (Å²) >= 11 is 0. The highest BCUT2D eigenvalue weighted by atomic mass is 19.1. The van der Waals surface area contributed by atoms with Gasteiger partial charge >= 0.3 is 0 Å². The van der Waals surface area contributed by atoms with Gasteiger partial charge < -0.3 is 9.63 Å². The van der Waals surface area contributed by atoms with Crippen LogP contribution in [0.2, 0.25) is 0 Å². The summed E-state index contributed by atoms with van der Waals surface area (Å²) in [4.78, 5) is 4.00. The van der Waals surface area contributed by atoms with Crippen LogP contribution in [0.25, 0.3) is 22.8 Å². The summed E-state index contributed by atoms with van der Waals surface area (Å²) in [5, 5.41) is 13.3. The quantitative estimate of drug-likeness (QED) is 0.778. The van der Waals surface area contributed by atoms with E-state index in [2.05, 4.69) is 10.1 Å². The molecule has 20 heavy (non-hydrogen) atoms. The fourth-order valence-electron chi connectivity index (χ4n) is 1.77. The Morgan fingerprint density at radius 2 is 1.80 bits per heavy atom. The molecule has 0 spiro atoms. The van der Waals surface area contributed by atoms with Gasteiger partial charge in [-0.1, -0.05) is 17.3 Å². The van der Waals surface area contributed by atoms with E-state index in [1.807, 2.05) is 0 Å². The number of phenolic OH excluding ortho intramolecular Hbond substituents is 1. The second-order valence-corrected chi connectivity index (χ2v) is 4.06. The van der Waals surface area contributed by atoms with E-state index in [1.54, 1.807) is 12.1 Å². The van der Waals surface area contributed by atoms with Crippen molar-refractivity contribution in [3.8, 4) is 28.6 Å². The number of hydrogen-bond acceptors (Lipinski definition) is 4. The molecule has 1 N–H and O–H groups in total. The Hall–Kier alpha value is -2.76. The SMILES string of the molecule is Oc1cc(F)ccc1-c1nc(-c2ccccc2F)no1. The van der Waals surface area contributed by atoms with E-state index in [0.29, 0.717) is 0 Å². The fraction of sp³-hybridized carbons (Fsp3) is 0. The van der Waals surface area contributed by atoms with Crippen LogP contribution in [0.4, 0.5) is 8.78 Å². The Morgan fingerprint density at radius 1 is 1.00 bits per heavy atom. The highest BCUT2D eigenvalue weighted by Gasteiger charge is 2.16. The summed E-state index contributed by atoms with van der Waals surface area (Å²) in [6, 6.07) is 9.37. The molecule has 0 atom stereocenters. The first-order chi connectivity index (χ1) is 9.65. The molecule has 0 saturated carbocycles. The molecule has 6 heteroatoms. The maximum Gasteiger partial charge on any atom is 0.262 e. The van der Waals surface area contributed by atoms with Crippen LogP contribution in [0, 0.1) is 11.6 Å². The van der Waals surface area contributed by atoms with Gasteiger partial charge in [0.1, 0.15) is 17.4 Å². The van der Waals surface area contributed by atoms with Gasteiger partial charge in [0.05, 0.1) is 11.1 Å². The molecule has 0 aliphatic rings. The summed E-state index contributed by atoms with van der Waals surface area (Å²) in [6.45, 7) is 0. The first-order valence-corrected chi connectivity index (χ1v) is 5.72. The Bertz CT molecular complexity index is 771. The van der Waals surface area contributed by atoms with Gasteiger partial charge in [-0.3, -0.25) is 0 Å². The van der Waals surface area contributed by atoms with E-state index in [-0.39, 0.29) is 28.6 Å². The summed E-state index contributed by atoms with van der Waals surface area (Å²) in [7, 11) is 0. The maximum atomic E-state index is 13.6. The van der Waals surface area contributed by atoms with Crippen LogP contribution in [0.3, 0.4) is 0 Å². The zero-order valence-electron chi connectivity index (χ0n) is 10.0. The summed E-state index contributed by atoms with van der Waals surface area (Å²) in [5.74, 6) is -1.35. The average Bonchev–Trinajstić information content (AvgIpc) is 2.88. The van der Waals surface area contributed by atoms with Crippen molar-refractivity contribution >= 4 is 0 Å². The van der Waals surface area contributed by atoms with Gasteiger partial charge in [-0.15, -0.1) is 0 Å². The van der Waals surface area contributed by atoms with Gasteiger partial charge in [0.2, 0.25) is 5.82 Å². The first kappa shape index (κ1) is 12.3. The van der Waals surface area contributed by atoms with E-state index in [9.17, 15) is 13.9 Å². The minimum absolute atomic E-state index is 0.0132. The Labute approximate surface area is 112 Å².